The summed E-state index contributed by atoms with van der Waals surface area (Å²) < 4.78 is 12.2. The normalized spacial score (nSPS) is 11.6. The van der Waals surface area contributed by atoms with Crippen molar-refractivity contribution in [3.05, 3.63) is 45.8 Å². The Balaban J connectivity index is 2.67. The van der Waals surface area contributed by atoms with Gasteiger partial charge in [-0.1, -0.05) is 29.4 Å². The molecule has 0 saturated carbocycles. The second kappa shape index (κ2) is 6.47. The summed E-state index contributed by atoms with van der Waals surface area (Å²) >= 11 is 0. The number of nitrogens with one attached hydrogen (secondary N) is 1. The van der Waals surface area contributed by atoms with Crippen molar-refractivity contribution in [2.24, 2.45) is 5.11 Å². The first-order chi connectivity index (χ1) is 8.17. The number of hydrogen-bond donors (Lipinski definition) is 2. The van der Waals surface area contributed by atoms with Crippen LogP contribution in [0.5, 0.6) is 0 Å². The van der Waals surface area contributed by atoms with Gasteiger partial charge in [0, 0.05) is 11.3 Å². The van der Waals surface area contributed by atoms with Gasteiger partial charge >= 0.3 is 5.97 Å². The first-order valence-corrected chi connectivity index (χ1v) is 4.85. The molecule has 1 rings (SSSR count). The molecule has 2 N–H and O–H groups in total. The van der Waals surface area contributed by atoms with E-state index in [4.69, 9.17) is 10.6 Å². The van der Waals surface area contributed by atoms with Gasteiger partial charge in [-0.3, -0.25) is 4.79 Å². The minimum Gasteiger partial charge on any atom is -0.480 e. The third kappa shape index (κ3) is 4.10. The molecule has 0 aromatic heterocycles. The van der Waals surface area contributed by atoms with E-state index in [9.17, 15) is 9.28 Å². The summed E-state index contributed by atoms with van der Waals surface area (Å²) in [6, 6.07) is 5.52. The highest BCUT2D eigenvalue weighted by molar-refractivity contribution is 5.73. The molecule has 0 spiro atoms. The quantitative estimate of drug-likeness (QED) is 0.343. The summed E-state index contributed by atoms with van der Waals surface area (Å²) in [5.74, 6) is -1.24. The summed E-state index contributed by atoms with van der Waals surface area (Å²) in [5, 5.41) is 12.0. The van der Waals surface area contributed by atoms with Crippen molar-refractivity contribution < 1.29 is 14.4 Å². The van der Waals surface area contributed by atoms with Gasteiger partial charge in [-0.25, -0.2) is 0 Å². The van der Waals surface area contributed by atoms with Crippen LogP contribution < -0.4 is 5.54 Å². The average Bonchev–Trinajstić information content (AvgIpc) is 2.34. The zero-order valence-electron chi connectivity index (χ0n) is 8.88. The van der Waals surface area contributed by atoms with Crippen molar-refractivity contribution in [2.45, 2.75) is 19.0 Å². The fourth-order valence-electron chi connectivity index (χ4n) is 1.30. The van der Waals surface area contributed by atoms with E-state index in [1.807, 2.05) is 0 Å². The second-order valence-corrected chi connectivity index (χ2v) is 3.41. The third-order valence-corrected chi connectivity index (χ3v) is 2.21. The van der Waals surface area contributed by atoms with Crippen molar-refractivity contribution >= 4 is 5.97 Å². The minimum absolute atomic E-state index is 0.0492. The molecule has 0 radical (unpaired) electrons. The highest BCUT2D eigenvalue weighted by Gasteiger charge is 2.17. The molecule has 0 amide bonds. The van der Waals surface area contributed by atoms with Crippen LogP contribution in [0.2, 0.25) is 0 Å². The Bertz CT molecular complexity index is 428. The molecule has 0 fully saturated rings. The zero-order valence-corrected chi connectivity index (χ0v) is 8.88. The predicted octanol–water partition coefficient (Wildman–Crippen LogP) is 1.97. The number of carbonyl (C=O) groups is 1. The van der Waals surface area contributed by atoms with E-state index in [0.29, 0.717) is 5.56 Å². The van der Waals surface area contributed by atoms with Crippen molar-refractivity contribution in [1.82, 2.24) is 5.54 Å². The maximum Gasteiger partial charge on any atom is 0.323 e. The van der Waals surface area contributed by atoms with Gasteiger partial charge < -0.3 is 5.11 Å². The molecule has 1 aromatic carbocycles. The van der Waals surface area contributed by atoms with E-state index in [1.54, 1.807) is 24.3 Å². The predicted molar refractivity (Wildman–Crippen MR) is 58.7 cm³/mol. The van der Waals surface area contributed by atoms with E-state index in [-0.39, 0.29) is 13.0 Å². The van der Waals surface area contributed by atoms with Gasteiger partial charge in [0.05, 0.1) is 6.54 Å². The molecule has 0 aliphatic rings. The van der Waals surface area contributed by atoms with Gasteiger partial charge in [-0.05, 0) is 16.7 Å². The lowest BCUT2D eigenvalue weighted by Gasteiger charge is -2.08. The number of carboxylic acids is 1. The van der Waals surface area contributed by atoms with Crippen LogP contribution in [-0.4, -0.2) is 17.1 Å². The third-order valence-electron chi connectivity index (χ3n) is 2.21. The number of rotatable bonds is 6. The molecule has 0 aliphatic carbocycles. The molecule has 0 heterocycles. The summed E-state index contributed by atoms with van der Waals surface area (Å²) in [6.45, 7) is 0.237. The van der Waals surface area contributed by atoms with E-state index in [2.05, 4.69) is 10.0 Å². The highest BCUT2D eigenvalue weighted by Crippen LogP contribution is 2.08. The Morgan fingerprint density at radius 3 is 2.53 bits per heavy atom. The lowest BCUT2D eigenvalue weighted by Crippen LogP contribution is -2.33. The van der Waals surface area contributed by atoms with E-state index < -0.39 is 12.0 Å². The molecule has 0 saturated heterocycles. The summed E-state index contributed by atoms with van der Waals surface area (Å²) in [4.78, 5) is 13.2. The summed E-state index contributed by atoms with van der Waals surface area (Å²) in [7, 11) is 0. The SMILES string of the molecule is [N-]=[N+]=NCc1ccc(C[C@H](NF)C(=O)O)cc1. The van der Waals surface area contributed by atoms with Crippen molar-refractivity contribution in [3.8, 4) is 0 Å². The standard InChI is InChI=1S/C10H11FN4O2/c11-14-9(10(16)17)5-7-1-3-8(4-2-7)6-13-15-12/h1-4,9,14H,5-6H2,(H,16,17)/t9-/m0/s1. The first kappa shape index (κ1) is 13.0. The van der Waals surface area contributed by atoms with E-state index in [0.717, 1.165) is 5.56 Å². The largest absolute Gasteiger partial charge is 0.480 e. The molecule has 90 valence electrons. The number of hydrogen-bond acceptors (Lipinski definition) is 3. The van der Waals surface area contributed by atoms with Crippen LogP contribution in [-0.2, 0) is 17.8 Å². The first-order valence-electron chi connectivity index (χ1n) is 4.85. The van der Waals surface area contributed by atoms with Crippen LogP contribution in [0.3, 0.4) is 0 Å². The second-order valence-electron chi connectivity index (χ2n) is 3.41. The van der Waals surface area contributed by atoms with Crippen LogP contribution in [0, 0.1) is 0 Å². The van der Waals surface area contributed by atoms with Gasteiger partial charge in [0.15, 0.2) is 0 Å². The fourth-order valence-corrected chi connectivity index (χ4v) is 1.30. The summed E-state index contributed by atoms with van der Waals surface area (Å²) in [6.07, 6.45) is 0.0492. The molecular formula is C10H11FN4O2. The van der Waals surface area contributed by atoms with E-state index >= 15 is 0 Å². The molecule has 1 atom stereocenters. The van der Waals surface area contributed by atoms with Crippen LogP contribution in [0.25, 0.3) is 10.4 Å². The minimum atomic E-state index is -1.25. The Kier molecular flexibility index (Phi) is 4.93. The lowest BCUT2D eigenvalue weighted by molar-refractivity contribution is -0.140. The smallest absolute Gasteiger partial charge is 0.323 e. The zero-order chi connectivity index (χ0) is 12.7. The Morgan fingerprint density at radius 1 is 1.47 bits per heavy atom. The molecule has 17 heavy (non-hydrogen) atoms. The molecule has 0 aliphatic heterocycles. The average molecular weight is 238 g/mol. The van der Waals surface area contributed by atoms with Crippen LogP contribution >= 0.6 is 0 Å². The molecular weight excluding hydrogens is 227 g/mol. The Hall–Kier alpha value is -2.11. The van der Waals surface area contributed by atoms with Crippen LogP contribution in [0.4, 0.5) is 4.48 Å². The van der Waals surface area contributed by atoms with Crippen molar-refractivity contribution in [1.29, 1.82) is 0 Å². The topological polar surface area (TPSA) is 98.1 Å². The maximum absolute atomic E-state index is 12.2. The lowest BCUT2D eigenvalue weighted by atomic mass is 10.0. The monoisotopic (exact) mass is 238 g/mol. The number of halogens is 1. The highest BCUT2D eigenvalue weighted by atomic mass is 19.2. The molecule has 0 unspecified atom stereocenters. The van der Waals surface area contributed by atoms with Crippen LogP contribution in [0.15, 0.2) is 29.4 Å². The number of benzene rings is 1. The van der Waals surface area contributed by atoms with Gasteiger partial charge in [0.2, 0.25) is 0 Å². The molecule has 7 heteroatoms. The van der Waals surface area contributed by atoms with Gasteiger partial charge in [0.1, 0.15) is 6.04 Å². The van der Waals surface area contributed by atoms with Crippen LogP contribution in [0.1, 0.15) is 11.1 Å². The van der Waals surface area contributed by atoms with Crippen molar-refractivity contribution in [2.75, 3.05) is 0 Å². The molecule has 1 aromatic rings. The maximum atomic E-state index is 12.2. The van der Waals surface area contributed by atoms with Gasteiger partial charge in [-0.15, -0.1) is 10.0 Å². The Morgan fingerprint density at radius 2 is 2.06 bits per heavy atom. The molecule has 0 bridgehead atoms. The van der Waals surface area contributed by atoms with Gasteiger partial charge in [0.25, 0.3) is 0 Å². The number of nitrogens with zero attached hydrogens (tertiary/aromatic N) is 3. The van der Waals surface area contributed by atoms with E-state index in [1.165, 1.54) is 5.54 Å². The van der Waals surface area contributed by atoms with Crippen molar-refractivity contribution in [3.63, 3.8) is 0 Å². The summed E-state index contributed by atoms with van der Waals surface area (Å²) in [5.41, 5.74) is 10.9. The number of azide groups is 1. The fraction of sp³-hybridized carbons (Fsp3) is 0.300. The number of carboxylic acid groups (broad SMARTS) is 1. The Labute approximate surface area is 96.6 Å². The molecule has 6 nitrogen and oxygen atoms in total. The van der Waals surface area contributed by atoms with Gasteiger partial charge in [-0.2, -0.15) is 0 Å². The number of aliphatic carboxylic acids is 1.